The van der Waals surface area contributed by atoms with Gasteiger partial charge in [0.1, 0.15) is 0 Å². The van der Waals surface area contributed by atoms with E-state index in [4.69, 9.17) is 14.2 Å². The van der Waals surface area contributed by atoms with Crippen molar-refractivity contribution in [3.63, 3.8) is 0 Å². The third kappa shape index (κ3) is 3.22. The maximum absolute atomic E-state index is 12.1. The Hall–Kier alpha value is -0.910. The van der Waals surface area contributed by atoms with Gasteiger partial charge < -0.3 is 19.3 Å². The van der Waals surface area contributed by atoms with Crippen molar-refractivity contribution in [2.24, 2.45) is 17.8 Å². The van der Waals surface area contributed by atoms with Gasteiger partial charge >= 0.3 is 5.97 Å². The number of hydrogen-bond donors (Lipinski definition) is 1. The first-order chi connectivity index (χ1) is 9.56. The molecule has 6 unspecified atom stereocenters. The largest absolute Gasteiger partial charge is 0.436 e. The molecule has 0 aromatic carbocycles. The molecule has 1 saturated carbocycles. The fourth-order valence-electron chi connectivity index (χ4n) is 3.01. The zero-order chi connectivity index (χ0) is 14.7. The van der Waals surface area contributed by atoms with Crippen molar-refractivity contribution in [1.82, 2.24) is 0 Å². The Labute approximate surface area is 119 Å². The number of aliphatic hydroxyl groups is 1. The van der Waals surface area contributed by atoms with Crippen molar-refractivity contribution < 1.29 is 24.1 Å². The molecule has 0 amide bonds. The van der Waals surface area contributed by atoms with Crippen LogP contribution in [0.4, 0.5) is 0 Å². The van der Waals surface area contributed by atoms with Crippen LogP contribution in [0.2, 0.25) is 0 Å². The zero-order valence-corrected chi connectivity index (χ0v) is 12.3. The second kappa shape index (κ2) is 6.70. The minimum atomic E-state index is -0.640. The van der Waals surface area contributed by atoms with Crippen molar-refractivity contribution in [1.29, 1.82) is 0 Å². The van der Waals surface area contributed by atoms with E-state index >= 15 is 0 Å². The van der Waals surface area contributed by atoms with Crippen molar-refractivity contribution in [3.8, 4) is 0 Å². The molecule has 6 atom stereocenters. The number of ether oxygens (including phenoxy) is 3. The minimum Gasteiger partial charge on any atom is -0.436 e. The Balaban J connectivity index is 1.81. The lowest BCUT2D eigenvalue weighted by atomic mass is 9.94. The van der Waals surface area contributed by atoms with E-state index < -0.39 is 12.4 Å². The summed E-state index contributed by atoms with van der Waals surface area (Å²) >= 11 is 0. The molecule has 2 aliphatic carbocycles. The average Bonchev–Trinajstić information content (AvgIpc) is 2.93. The summed E-state index contributed by atoms with van der Waals surface area (Å²) < 4.78 is 16.2. The molecule has 0 aromatic rings. The fraction of sp³-hybridized carbons (Fsp3) is 0.800. The van der Waals surface area contributed by atoms with Crippen LogP contribution in [-0.2, 0) is 19.0 Å². The Bertz CT molecular complexity index is 367. The van der Waals surface area contributed by atoms with Crippen molar-refractivity contribution in [3.05, 3.63) is 12.2 Å². The molecule has 0 radical (unpaired) electrons. The highest BCUT2D eigenvalue weighted by atomic mass is 16.8. The second-order valence-electron chi connectivity index (χ2n) is 5.39. The highest BCUT2D eigenvalue weighted by Crippen LogP contribution is 2.44. The number of carbonyl (C=O) groups excluding carboxylic acids is 1. The van der Waals surface area contributed by atoms with E-state index in [2.05, 4.69) is 0 Å². The summed E-state index contributed by atoms with van der Waals surface area (Å²) in [4.78, 5) is 12.1. The molecular formula is C15H24O5. The van der Waals surface area contributed by atoms with Crippen LogP contribution in [0.25, 0.3) is 0 Å². The van der Waals surface area contributed by atoms with Gasteiger partial charge in [-0.05, 0) is 26.7 Å². The molecule has 2 rings (SSSR count). The Kier molecular flexibility index (Phi) is 5.18. The topological polar surface area (TPSA) is 65.0 Å². The minimum absolute atomic E-state index is 0.0978. The monoisotopic (exact) mass is 284 g/mol. The second-order valence-corrected chi connectivity index (χ2v) is 5.39. The summed E-state index contributed by atoms with van der Waals surface area (Å²) in [6, 6.07) is 0. The van der Waals surface area contributed by atoms with Gasteiger partial charge in [-0.25, -0.2) is 0 Å². The first-order valence-corrected chi connectivity index (χ1v) is 7.40. The summed E-state index contributed by atoms with van der Waals surface area (Å²) in [6.07, 6.45) is 3.84. The summed E-state index contributed by atoms with van der Waals surface area (Å²) in [5.74, 6) is -0.549. The van der Waals surface area contributed by atoms with E-state index in [1.165, 1.54) is 0 Å². The van der Waals surface area contributed by atoms with Crippen LogP contribution in [0.5, 0.6) is 0 Å². The van der Waals surface area contributed by atoms with E-state index in [1.54, 1.807) is 6.92 Å². The molecular weight excluding hydrogens is 260 g/mol. The van der Waals surface area contributed by atoms with Crippen LogP contribution in [-0.4, -0.2) is 36.4 Å². The van der Waals surface area contributed by atoms with Crippen molar-refractivity contribution in [2.45, 2.75) is 52.3 Å². The quantitative estimate of drug-likeness (QED) is 0.439. The standard InChI is InChI=1S/C15H24O5/c1-4-13(18-5-2)19-9(3)20-15(17)12-8-10-6-7-11(12)14(10)16/h6-7,9-14,16H,4-5,8H2,1-3H3. The molecule has 1 fully saturated rings. The highest BCUT2D eigenvalue weighted by Gasteiger charge is 2.48. The lowest BCUT2D eigenvalue weighted by Crippen LogP contribution is -2.31. The molecule has 2 bridgehead atoms. The third-order valence-corrected chi connectivity index (χ3v) is 4.02. The fourth-order valence-corrected chi connectivity index (χ4v) is 3.01. The molecule has 0 aromatic heterocycles. The van der Waals surface area contributed by atoms with E-state index in [9.17, 15) is 9.90 Å². The molecule has 0 saturated heterocycles. The molecule has 2 aliphatic rings. The van der Waals surface area contributed by atoms with Gasteiger partial charge in [-0.2, -0.15) is 0 Å². The van der Waals surface area contributed by atoms with Gasteiger partial charge in [-0.15, -0.1) is 0 Å². The lowest BCUT2D eigenvalue weighted by molar-refractivity contribution is -0.237. The van der Waals surface area contributed by atoms with Gasteiger partial charge in [0.2, 0.25) is 6.29 Å². The normalized spacial score (nSPS) is 34.2. The summed E-state index contributed by atoms with van der Waals surface area (Å²) in [7, 11) is 0. The highest BCUT2D eigenvalue weighted by molar-refractivity contribution is 5.74. The maximum atomic E-state index is 12.1. The molecule has 5 nitrogen and oxygen atoms in total. The third-order valence-electron chi connectivity index (χ3n) is 4.02. The average molecular weight is 284 g/mol. The van der Waals surface area contributed by atoms with Gasteiger partial charge in [-0.3, -0.25) is 4.79 Å². The number of esters is 1. The number of aliphatic hydroxyl groups excluding tert-OH is 1. The molecule has 0 heterocycles. The van der Waals surface area contributed by atoms with Crippen LogP contribution < -0.4 is 0 Å². The van der Waals surface area contributed by atoms with E-state index in [0.717, 1.165) is 0 Å². The summed E-state index contributed by atoms with van der Waals surface area (Å²) in [6.45, 7) is 6.10. The van der Waals surface area contributed by atoms with E-state index in [-0.39, 0.29) is 30.0 Å². The lowest BCUT2D eigenvalue weighted by Gasteiger charge is -2.23. The van der Waals surface area contributed by atoms with Gasteiger partial charge in [0, 0.05) is 18.4 Å². The van der Waals surface area contributed by atoms with Crippen molar-refractivity contribution in [2.75, 3.05) is 6.61 Å². The molecule has 20 heavy (non-hydrogen) atoms. The first kappa shape index (κ1) is 15.5. The Morgan fingerprint density at radius 1 is 1.40 bits per heavy atom. The summed E-state index contributed by atoms with van der Waals surface area (Å²) in [5.41, 5.74) is 0. The molecule has 0 spiro atoms. The predicted octanol–water partition coefficient (Wildman–Crippen LogP) is 1.85. The zero-order valence-electron chi connectivity index (χ0n) is 12.3. The van der Waals surface area contributed by atoms with Crippen LogP contribution in [0.15, 0.2) is 12.2 Å². The first-order valence-electron chi connectivity index (χ1n) is 7.40. The van der Waals surface area contributed by atoms with Gasteiger partial charge in [-0.1, -0.05) is 19.1 Å². The van der Waals surface area contributed by atoms with Gasteiger partial charge in [0.25, 0.3) is 0 Å². The summed E-state index contributed by atoms with van der Waals surface area (Å²) in [5, 5.41) is 9.91. The maximum Gasteiger partial charge on any atom is 0.311 e. The Morgan fingerprint density at radius 2 is 2.15 bits per heavy atom. The van der Waals surface area contributed by atoms with Crippen molar-refractivity contribution >= 4 is 5.97 Å². The predicted molar refractivity (Wildman–Crippen MR) is 72.6 cm³/mol. The molecule has 0 aliphatic heterocycles. The SMILES string of the molecule is CCOC(CC)OC(C)OC(=O)C1CC2C=CC1C2O. The van der Waals surface area contributed by atoms with Crippen LogP contribution in [0.1, 0.15) is 33.6 Å². The van der Waals surface area contributed by atoms with E-state index in [1.807, 2.05) is 26.0 Å². The molecule has 114 valence electrons. The van der Waals surface area contributed by atoms with Gasteiger partial charge in [0.15, 0.2) is 6.29 Å². The number of fused-ring (bicyclic) bond motifs is 2. The molecule has 5 heteroatoms. The Morgan fingerprint density at radius 3 is 2.65 bits per heavy atom. The van der Waals surface area contributed by atoms with Crippen LogP contribution in [0.3, 0.4) is 0 Å². The number of hydrogen-bond acceptors (Lipinski definition) is 5. The van der Waals surface area contributed by atoms with Crippen LogP contribution in [0, 0.1) is 17.8 Å². The van der Waals surface area contributed by atoms with E-state index in [0.29, 0.717) is 19.4 Å². The number of carbonyl (C=O) groups is 1. The van der Waals surface area contributed by atoms with Crippen LogP contribution >= 0.6 is 0 Å². The molecule has 1 N–H and O–H groups in total. The number of rotatable bonds is 7. The smallest absolute Gasteiger partial charge is 0.311 e. The van der Waals surface area contributed by atoms with Gasteiger partial charge in [0.05, 0.1) is 12.0 Å².